The Balaban J connectivity index is 2.09. The third kappa shape index (κ3) is 3.54. The van der Waals surface area contributed by atoms with Crippen LogP contribution in [0.5, 0.6) is 5.75 Å². The zero-order valence-electron chi connectivity index (χ0n) is 10.5. The van der Waals surface area contributed by atoms with E-state index >= 15 is 0 Å². The predicted molar refractivity (Wildman–Crippen MR) is 68.5 cm³/mol. The number of hydrogen-bond acceptors (Lipinski definition) is 2. The minimum atomic E-state index is -0.956. The zero-order chi connectivity index (χ0) is 14.5. The van der Waals surface area contributed by atoms with Crippen LogP contribution >= 0.6 is 0 Å². The first-order valence-electron chi connectivity index (χ1n) is 5.92. The number of carbonyl (C=O) groups is 1. The van der Waals surface area contributed by atoms with Crippen molar-refractivity contribution in [2.75, 3.05) is 0 Å². The summed E-state index contributed by atoms with van der Waals surface area (Å²) in [5.41, 5.74) is 0.403. The van der Waals surface area contributed by atoms with Gasteiger partial charge >= 0.3 is 5.97 Å². The van der Waals surface area contributed by atoms with Crippen molar-refractivity contribution in [3.63, 3.8) is 0 Å². The number of benzene rings is 2. The van der Waals surface area contributed by atoms with Crippen LogP contribution in [0, 0.1) is 11.6 Å². The summed E-state index contributed by atoms with van der Waals surface area (Å²) in [4.78, 5) is 10.6. The van der Waals surface area contributed by atoms with Gasteiger partial charge in [-0.05, 0) is 29.8 Å². The monoisotopic (exact) mass is 278 g/mol. The highest BCUT2D eigenvalue weighted by Gasteiger charge is 2.09. The molecule has 0 saturated carbocycles. The lowest BCUT2D eigenvalue weighted by molar-refractivity contribution is -0.136. The fourth-order valence-electron chi connectivity index (χ4n) is 1.75. The molecule has 0 radical (unpaired) electrons. The van der Waals surface area contributed by atoms with Gasteiger partial charge in [-0.2, -0.15) is 0 Å². The third-order valence-electron chi connectivity index (χ3n) is 2.70. The van der Waals surface area contributed by atoms with Crippen LogP contribution in [0.2, 0.25) is 0 Å². The van der Waals surface area contributed by atoms with Gasteiger partial charge in [0.2, 0.25) is 0 Å². The molecule has 0 unspecified atom stereocenters. The second-order valence-corrected chi connectivity index (χ2v) is 4.21. The molecule has 0 bridgehead atoms. The van der Waals surface area contributed by atoms with Crippen LogP contribution in [0.15, 0.2) is 42.5 Å². The topological polar surface area (TPSA) is 46.5 Å². The first-order valence-corrected chi connectivity index (χ1v) is 5.92. The molecule has 0 aromatic heterocycles. The number of carboxylic acid groups (broad SMARTS) is 1. The minimum absolute atomic E-state index is 0.134. The van der Waals surface area contributed by atoms with E-state index in [0.717, 1.165) is 12.1 Å². The van der Waals surface area contributed by atoms with Gasteiger partial charge in [0.25, 0.3) is 0 Å². The molecule has 2 aromatic rings. The largest absolute Gasteiger partial charge is 0.489 e. The SMILES string of the molecule is O=C(O)Cc1cccc(OCc2c(F)cccc2F)c1. The van der Waals surface area contributed by atoms with Gasteiger partial charge in [-0.25, -0.2) is 8.78 Å². The average molecular weight is 278 g/mol. The number of ether oxygens (including phenoxy) is 1. The standard InChI is InChI=1S/C15H12F2O3/c16-13-5-2-6-14(17)12(13)9-20-11-4-1-3-10(7-11)8-15(18)19/h1-7H,8-9H2,(H,18,19). The van der Waals surface area contributed by atoms with Crippen LogP contribution in [0.4, 0.5) is 8.78 Å². The average Bonchev–Trinajstić information content (AvgIpc) is 2.38. The molecular weight excluding hydrogens is 266 g/mol. The highest BCUT2D eigenvalue weighted by molar-refractivity contribution is 5.70. The normalized spacial score (nSPS) is 10.3. The second kappa shape index (κ2) is 6.14. The summed E-state index contributed by atoms with van der Waals surface area (Å²) in [6, 6.07) is 10.00. The van der Waals surface area contributed by atoms with Crippen molar-refractivity contribution in [3.05, 3.63) is 65.2 Å². The lowest BCUT2D eigenvalue weighted by Crippen LogP contribution is -2.03. The van der Waals surface area contributed by atoms with E-state index in [4.69, 9.17) is 9.84 Å². The molecule has 0 aliphatic carbocycles. The Bertz CT molecular complexity index is 606. The summed E-state index contributed by atoms with van der Waals surface area (Å²) >= 11 is 0. The van der Waals surface area contributed by atoms with E-state index in [9.17, 15) is 13.6 Å². The van der Waals surface area contributed by atoms with Crippen molar-refractivity contribution < 1.29 is 23.4 Å². The van der Waals surface area contributed by atoms with Crippen LogP contribution in [-0.2, 0) is 17.8 Å². The second-order valence-electron chi connectivity index (χ2n) is 4.21. The Kier molecular flexibility index (Phi) is 4.30. The van der Waals surface area contributed by atoms with Crippen LogP contribution in [0.1, 0.15) is 11.1 Å². The molecule has 1 N–H and O–H groups in total. The maximum Gasteiger partial charge on any atom is 0.307 e. The molecule has 0 spiro atoms. The quantitative estimate of drug-likeness (QED) is 0.913. The predicted octanol–water partition coefficient (Wildman–Crippen LogP) is 3.17. The summed E-state index contributed by atoms with van der Waals surface area (Å²) in [6.45, 7) is -0.255. The van der Waals surface area contributed by atoms with Gasteiger partial charge in [-0.1, -0.05) is 18.2 Å². The Morgan fingerprint density at radius 3 is 2.40 bits per heavy atom. The maximum absolute atomic E-state index is 13.4. The van der Waals surface area contributed by atoms with Gasteiger partial charge in [0.05, 0.1) is 12.0 Å². The van der Waals surface area contributed by atoms with E-state index in [2.05, 4.69) is 0 Å². The highest BCUT2D eigenvalue weighted by Crippen LogP contribution is 2.18. The van der Waals surface area contributed by atoms with Crippen LogP contribution < -0.4 is 4.74 Å². The molecule has 3 nitrogen and oxygen atoms in total. The van der Waals surface area contributed by atoms with Crippen molar-refractivity contribution in [1.29, 1.82) is 0 Å². The molecule has 2 rings (SSSR count). The molecule has 0 saturated heterocycles. The molecule has 0 aliphatic heterocycles. The van der Waals surface area contributed by atoms with Gasteiger partial charge in [0.1, 0.15) is 24.0 Å². The molecular formula is C15H12F2O3. The third-order valence-corrected chi connectivity index (χ3v) is 2.70. The first-order chi connectivity index (χ1) is 9.56. The lowest BCUT2D eigenvalue weighted by Gasteiger charge is -2.09. The molecule has 20 heavy (non-hydrogen) atoms. The van der Waals surface area contributed by atoms with Crippen molar-refractivity contribution in [3.8, 4) is 5.75 Å². The van der Waals surface area contributed by atoms with Gasteiger partial charge < -0.3 is 9.84 Å². The number of carboxylic acids is 1. The Labute approximate surface area is 114 Å². The lowest BCUT2D eigenvalue weighted by atomic mass is 10.1. The summed E-state index contributed by atoms with van der Waals surface area (Å²) in [7, 11) is 0. The molecule has 0 atom stereocenters. The highest BCUT2D eigenvalue weighted by atomic mass is 19.1. The molecule has 2 aromatic carbocycles. The fourth-order valence-corrected chi connectivity index (χ4v) is 1.75. The molecule has 0 amide bonds. The van der Waals surface area contributed by atoms with Crippen molar-refractivity contribution in [1.82, 2.24) is 0 Å². The van der Waals surface area contributed by atoms with E-state index in [1.54, 1.807) is 18.2 Å². The smallest absolute Gasteiger partial charge is 0.307 e. The Morgan fingerprint density at radius 1 is 1.10 bits per heavy atom. The Hall–Kier alpha value is -2.43. The Morgan fingerprint density at radius 2 is 1.75 bits per heavy atom. The fraction of sp³-hybridized carbons (Fsp3) is 0.133. The van der Waals surface area contributed by atoms with Crippen LogP contribution in [0.25, 0.3) is 0 Å². The van der Waals surface area contributed by atoms with Crippen LogP contribution in [-0.4, -0.2) is 11.1 Å². The van der Waals surface area contributed by atoms with E-state index in [1.807, 2.05) is 0 Å². The van der Waals surface area contributed by atoms with Crippen LogP contribution in [0.3, 0.4) is 0 Å². The van der Waals surface area contributed by atoms with E-state index in [1.165, 1.54) is 12.1 Å². The number of halogens is 2. The molecule has 0 fully saturated rings. The molecule has 0 heterocycles. The number of rotatable bonds is 5. The van der Waals surface area contributed by atoms with Gasteiger partial charge in [-0.3, -0.25) is 4.79 Å². The summed E-state index contributed by atoms with van der Waals surface area (Å²) in [6.07, 6.45) is -0.134. The van der Waals surface area contributed by atoms with Crippen molar-refractivity contribution in [2.24, 2.45) is 0 Å². The van der Waals surface area contributed by atoms with Crippen molar-refractivity contribution in [2.45, 2.75) is 13.0 Å². The van der Waals surface area contributed by atoms with Crippen molar-refractivity contribution >= 4 is 5.97 Å². The minimum Gasteiger partial charge on any atom is -0.489 e. The van der Waals surface area contributed by atoms with Gasteiger partial charge in [-0.15, -0.1) is 0 Å². The zero-order valence-corrected chi connectivity index (χ0v) is 10.5. The first kappa shape index (κ1) is 14.0. The summed E-state index contributed by atoms with van der Waals surface area (Å²) in [5, 5.41) is 8.70. The maximum atomic E-state index is 13.4. The molecule has 104 valence electrons. The number of hydrogen-bond donors (Lipinski definition) is 1. The van der Waals surface area contributed by atoms with Gasteiger partial charge in [0, 0.05) is 0 Å². The van der Waals surface area contributed by atoms with E-state index < -0.39 is 17.6 Å². The number of aliphatic carboxylic acids is 1. The summed E-state index contributed by atoms with van der Waals surface area (Å²) in [5.74, 6) is -1.94. The summed E-state index contributed by atoms with van der Waals surface area (Å²) < 4.78 is 32.1. The molecule has 5 heteroatoms. The van der Waals surface area contributed by atoms with E-state index in [0.29, 0.717) is 11.3 Å². The van der Waals surface area contributed by atoms with E-state index in [-0.39, 0.29) is 18.6 Å². The van der Waals surface area contributed by atoms with Gasteiger partial charge in [0.15, 0.2) is 0 Å². The molecule has 0 aliphatic rings.